The molecule has 2 aromatic rings. The Hall–Kier alpha value is -2.18. The lowest BCUT2D eigenvalue weighted by atomic mass is 9.90. The number of benzene rings is 2. The molecule has 0 saturated carbocycles. The molecule has 6 heteroatoms. The Morgan fingerprint density at radius 3 is 2.36 bits per heavy atom. The van der Waals surface area contributed by atoms with E-state index < -0.39 is 10.0 Å². The predicted molar refractivity (Wildman–Crippen MR) is 109 cm³/mol. The van der Waals surface area contributed by atoms with Gasteiger partial charge < -0.3 is 4.90 Å². The average Bonchev–Trinajstić information content (AvgIpc) is 3.22. The van der Waals surface area contributed by atoms with Crippen molar-refractivity contribution >= 4 is 15.9 Å². The highest BCUT2D eigenvalue weighted by Gasteiger charge is 2.51. The molecule has 0 spiro atoms. The van der Waals surface area contributed by atoms with Gasteiger partial charge in [-0.2, -0.15) is 4.31 Å². The van der Waals surface area contributed by atoms with Crippen molar-refractivity contribution in [1.29, 1.82) is 0 Å². The Kier molecular flexibility index (Phi) is 5.02. The van der Waals surface area contributed by atoms with Crippen molar-refractivity contribution in [3.05, 3.63) is 71.3 Å². The van der Waals surface area contributed by atoms with Crippen molar-refractivity contribution in [1.82, 2.24) is 9.21 Å². The number of hydrogen-bond acceptors (Lipinski definition) is 3. The van der Waals surface area contributed by atoms with Crippen molar-refractivity contribution in [2.75, 3.05) is 25.9 Å². The number of rotatable bonds is 4. The Balaban J connectivity index is 1.55. The SMILES string of the molecule is Cc1ccccc1CC(=O)N1C[C@@H]2CN(S(C)(=O)=O)[C@@H](c3ccccc3)[C@@H]2C1. The van der Waals surface area contributed by atoms with E-state index in [0.29, 0.717) is 26.1 Å². The van der Waals surface area contributed by atoms with Crippen molar-refractivity contribution in [3.63, 3.8) is 0 Å². The van der Waals surface area contributed by atoms with Crippen LogP contribution in [-0.2, 0) is 21.2 Å². The van der Waals surface area contributed by atoms with Crippen molar-refractivity contribution in [2.45, 2.75) is 19.4 Å². The van der Waals surface area contributed by atoms with Crippen LogP contribution in [0.2, 0.25) is 0 Å². The first-order valence-electron chi connectivity index (χ1n) is 9.68. The molecule has 2 aliphatic rings. The number of hydrogen-bond donors (Lipinski definition) is 0. The van der Waals surface area contributed by atoms with Crippen molar-refractivity contribution in [3.8, 4) is 0 Å². The van der Waals surface area contributed by atoms with E-state index in [1.54, 1.807) is 4.31 Å². The van der Waals surface area contributed by atoms with Gasteiger partial charge in [-0.15, -0.1) is 0 Å². The third-order valence-corrected chi connectivity index (χ3v) is 7.37. The lowest BCUT2D eigenvalue weighted by Crippen LogP contribution is -2.37. The lowest BCUT2D eigenvalue weighted by Gasteiger charge is -2.28. The maximum Gasteiger partial charge on any atom is 0.227 e. The number of carbonyl (C=O) groups is 1. The molecule has 0 radical (unpaired) electrons. The number of fused-ring (bicyclic) bond motifs is 1. The van der Waals surface area contributed by atoms with E-state index in [1.165, 1.54) is 6.26 Å². The van der Waals surface area contributed by atoms with Crippen LogP contribution >= 0.6 is 0 Å². The van der Waals surface area contributed by atoms with Crippen LogP contribution in [0, 0.1) is 18.8 Å². The Bertz CT molecular complexity index is 974. The van der Waals surface area contributed by atoms with Gasteiger partial charge in [0, 0.05) is 25.6 Å². The van der Waals surface area contributed by atoms with Gasteiger partial charge in [-0.1, -0.05) is 54.6 Å². The first-order valence-corrected chi connectivity index (χ1v) is 11.5. The number of nitrogens with zero attached hydrogens (tertiary/aromatic N) is 2. The van der Waals surface area contributed by atoms with E-state index in [1.807, 2.05) is 66.4 Å². The van der Waals surface area contributed by atoms with Gasteiger partial charge in [0.15, 0.2) is 0 Å². The maximum atomic E-state index is 12.9. The Labute approximate surface area is 167 Å². The summed E-state index contributed by atoms with van der Waals surface area (Å²) < 4.78 is 26.4. The molecule has 3 atom stereocenters. The molecule has 4 rings (SSSR count). The Morgan fingerprint density at radius 1 is 1.00 bits per heavy atom. The van der Waals surface area contributed by atoms with Gasteiger partial charge in [-0.05, 0) is 29.5 Å². The van der Waals surface area contributed by atoms with Crippen molar-refractivity contribution < 1.29 is 13.2 Å². The van der Waals surface area contributed by atoms with Crippen LogP contribution in [0.5, 0.6) is 0 Å². The number of likely N-dealkylation sites (tertiary alicyclic amines) is 1. The minimum Gasteiger partial charge on any atom is -0.342 e. The summed E-state index contributed by atoms with van der Waals surface area (Å²) in [5.41, 5.74) is 3.19. The monoisotopic (exact) mass is 398 g/mol. The van der Waals surface area contributed by atoms with E-state index in [4.69, 9.17) is 0 Å². The summed E-state index contributed by atoms with van der Waals surface area (Å²) in [4.78, 5) is 14.8. The normalized spacial score (nSPS) is 25.1. The summed E-state index contributed by atoms with van der Waals surface area (Å²) in [6.45, 7) is 3.75. The van der Waals surface area contributed by atoms with Gasteiger partial charge >= 0.3 is 0 Å². The standard InChI is InChI=1S/C22H26N2O3S/c1-16-8-6-7-11-18(16)12-21(25)23-13-19-14-24(28(2,26)27)22(20(19)15-23)17-9-4-3-5-10-17/h3-11,19-20,22H,12-15H2,1-2H3/t19-,20-,22+/m1/s1. The third kappa shape index (κ3) is 3.59. The molecule has 2 heterocycles. The largest absolute Gasteiger partial charge is 0.342 e. The molecular formula is C22H26N2O3S. The lowest BCUT2D eigenvalue weighted by molar-refractivity contribution is -0.129. The minimum atomic E-state index is -3.30. The fourth-order valence-electron chi connectivity index (χ4n) is 4.70. The molecular weight excluding hydrogens is 372 g/mol. The third-order valence-electron chi connectivity index (χ3n) is 6.14. The predicted octanol–water partition coefficient (Wildman–Crippen LogP) is 2.63. The quantitative estimate of drug-likeness (QED) is 0.796. The molecule has 2 fully saturated rings. The van der Waals surface area contributed by atoms with E-state index in [0.717, 1.165) is 16.7 Å². The number of amides is 1. The zero-order valence-corrected chi connectivity index (χ0v) is 17.1. The number of carbonyl (C=O) groups excluding carboxylic acids is 1. The molecule has 0 aliphatic carbocycles. The van der Waals surface area contributed by atoms with E-state index in [-0.39, 0.29) is 23.8 Å². The fraction of sp³-hybridized carbons (Fsp3) is 0.409. The summed E-state index contributed by atoms with van der Waals surface area (Å²) in [6, 6.07) is 17.6. The molecule has 1 amide bonds. The number of sulfonamides is 1. The van der Waals surface area contributed by atoms with E-state index in [9.17, 15) is 13.2 Å². The molecule has 28 heavy (non-hydrogen) atoms. The van der Waals surface area contributed by atoms with Gasteiger partial charge in [0.05, 0.1) is 18.7 Å². The molecule has 2 aromatic carbocycles. The van der Waals surface area contributed by atoms with Crippen LogP contribution in [0.3, 0.4) is 0 Å². The molecule has 5 nitrogen and oxygen atoms in total. The first-order chi connectivity index (χ1) is 13.3. The van der Waals surface area contributed by atoms with Crippen LogP contribution in [-0.4, -0.2) is 49.4 Å². The van der Waals surface area contributed by atoms with Gasteiger partial charge in [0.2, 0.25) is 15.9 Å². The van der Waals surface area contributed by atoms with Crippen molar-refractivity contribution in [2.24, 2.45) is 11.8 Å². The summed E-state index contributed by atoms with van der Waals surface area (Å²) >= 11 is 0. The van der Waals surface area contributed by atoms with Crippen LogP contribution in [0.4, 0.5) is 0 Å². The maximum absolute atomic E-state index is 12.9. The van der Waals surface area contributed by atoms with E-state index in [2.05, 4.69) is 0 Å². The second-order valence-electron chi connectivity index (χ2n) is 8.01. The molecule has 0 unspecified atom stereocenters. The molecule has 0 bridgehead atoms. The van der Waals surface area contributed by atoms with Crippen LogP contribution < -0.4 is 0 Å². The smallest absolute Gasteiger partial charge is 0.227 e. The van der Waals surface area contributed by atoms with Crippen LogP contribution in [0.1, 0.15) is 22.7 Å². The first kappa shape index (κ1) is 19.2. The summed E-state index contributed by atoms with van der Waals surface area (Å²) in [5, 5.41) is 0. The zero-order chi connectivity index (χ0) is 19.9. The fourth-order valence-corrected chi connectivity index (χ4v) is 5.85. The molecule has 2 saturated heterocycles. The van der Waals surface area contributed by atoms with Crippen LogP contribution in [0.25, 0.3) is 0 Å². The van der Waals surface area contributed by atoms with Crippen LogP contribution in [0.15, 0.2) is 54.6 Å². The second-order valence-corrected chi connectivity index (χ2v) is 9.95. The molecule has 0 N–H and O–H groups in total. The Morgan fingerprint density at radius 2 is 1.68 bits per heavy atom. The minimum absolute atomic E-state index is 0.126. The molecule has 2 aliphatic heterocycles. The summed E-state index contributed by atoms with van der Waals surface area (Å²) in [5.74, 6) is 0.445. The highest BCUT2D eigenvalue weighted by atomic mass is 32.2. The van der Waals surface area contributed by atoms with Gasteiger partial charge in [0.1, 0.15) is 0 Å². The molecule has 0 aromatic heterocycles. The highest BCUT2D eigenvalue weighted by molar-refractivity contribution is 7.88. The van der Waals surface area contributed by atoms with Gasteiger partial charge in [-0.3, -0.25) is 4.79 Å². The summed E-state index contributed by atoms with van der Waals surface area (Å²) in [6.07, 6.45) is 1.68. The second kappa shape index (κ2) is 7.33. The zero-order valence-electron chi connectivity index (χ0n) is 16.3. The summed E-state index contributed by atoms with van der Waals surface area (Å²) in [7, 11) is -3.30. The van der Waals surface area contributed by atoms with Gasteiger partial charge in [0.25, 0.3) is 0 Å². The van der Waals surface area contributed by atoms with Gasteiger partial charge in [-0.25, -0.2) is 8.42 Å². The van der Waals surface area contributed by atoms with E-state index >= 15 is 0 Å². The average molecular weight is 399 g/mol. The highest BCUT2D eigenvalue weighted by Crippen LogP contribution is 2.46. The molecule has 148 valence electrons. The topological polar surface area (TPSA) is 57.7 Å². The number of aryl methyl sites for hydroxylation is 1.